The van der Waals surface area contributed by atoms with Crippen LogP contribution in [0.3, 0.4) is 0 Å². The Labute approximate surface area is 187 Å². The maximum absolute atomic E-state index is 13.4. The summed E-state index contributed by atoms with van der Waals surface area (Å²) in [6.07, 6.45) is -2.05. The average Bonchev–Trinajstić information content (AvgIpc) is 3.04. The number of aryl methyl sites for hydroxylation is 1. The van der Waals surface area contributed by atoms with E-state index in [1.54, 1.807) is 12.1 Å². The Balaban J connectivity index is 1.45. The summed E-state index contributed by atoms with van der Waals surface area (Å²) in [5, 5.41) is 18.7. The van der Waals surface area contributed by atoms with Crippen LogP contribution < -0.4 is 0 Å². The van der Waals surface area contributed by atoms with Crippen LogP contribution in [-0.2, 0) is 19.1 Å². The number of H-pyrrole nitrogens is 1. The Kier molecular flexibility index (Phi) is 6.93. The Morgan fingerprint density at radius 1 is 1.16 bits per heavy atom. The van der Waals surface area contributed by atoms with Gasteiger partial charge in [-0.25, -0.2) is 0 Å². The summed E-state index contributed by atoms with van der Waals surface area (Å²) in [7, 11) is 0. The first kappa shape index (κ1) is 23.3. The van der Waals surface area contributed by atoms with Crippen LogP contribution in [-0.4, -0.2) is 51.3 Å². The molecule has 2 aliphatic heterocycles. The predicted molar refractivity (Wildman–Crippen MR) is 117 cm³/mol. The molecule has 0 saturated carbocycles. The largest absolute Gasteiger partial charge is 0.416 e. The summed E-state index contributed by atoms with van der Waals surface area (Å²) in [5.41, 5.74) is 2.68. The fraction of sp³-hybridized carbons (Fsp3) is 0.625. The van der Waals surface area contributed by atoms with Crippen molar-refractivity contribution in [1.82, 2.24) is 20.0 Å². The van der Waals surface area contributed by atoms with Gasteiger partial charge in [-0.2, -0.15) is 18.3 Å². The second-order valence-corrected chi connectivity index (χ2v) is 9.57. The molecule has 1 aromatic carbocycles. The van der Waals surface area contributed by atoms with Gasteiger partial charge in [-0.3, -0.25) is 14.9 Å². The molecular weight excluding hydrogens is 417 g/mol. The van der Waals surface area contributed by atoms with Crippen LogP contribution in [0.25, 0.3) is 0 Å². The van der Waals surface area contributed by atoms with Crippen LogP contribution in [0, 0.1) is 5.92 Å². The number of halogens is 3. The van der Waals surface area contributed by atoms with E-state index in [2.05, 4.69) is 28.9 Å². The number of aliphatic hydroxyl groups excluding tert-OH is 1. The number of alkyl halides is 3. The zero-order chi connectivity index (χ0) is 22.9. The van der Waals surface area contributed by atoms with Gasteiger partial charge in [0, 0.05) is 37.4 Å². The van der Waals surface area contributed by atoms with Gasteiger partial charge >= 0.3 is 6.18 Å². The van der Waals surface area contributed by atoms with Crippen LogP contribution in [0.5, 0.6) is 0 Å². The summed E-state index contributed by atoms with van der Waals surface area (Å²) >= 11 is 0. The first-order chi connectivity index (χ1) is 15.2. The van der Waals surface area contributed by atoms with E-state index < -0.39 is 18.0 Å². The number of fused-ring (bicyclic) bond motifs is 1. The van der Waals surface area contributed by atoms with Gasteiger partial charge in [-0.05, 0) is 55.7 Å². The SMILES string of the molecule is CC(C)CN1CCCc2[nH]nc(C(O)N3CCC(c4ccccc4C(F)(F)F)CC3)c2C1. The maximum Gasteiger partial charge on any atom is 0.416 e. The van der Waals surface area contributed by atoms with Gasteiger partial charge in [0.15, 0.2) is 6.23 Å². The molecule has 0 aliphatic carbocycles. The smallest absolute Gasteiger partial charge is 0.372 e. The molecule has 2 aromatic rings. The highest BCUT2D eigenvalue weighted by Crippen LogP contribution is 2.39. The van der Waals surface area contributed by atoms with Crippen molar-refractivity contribution in [1.29, 1.82) is 0 Å². The van der Waals surface area contributed by atoms with Gasteiger partial charge in [-0.15, -0.1) is 0 Å². The van der Waals surface area contributed by atoms with Crippen LogP contribution in [0.2, 0.25) is 0 Å². The standard InChI is InChI=1S/C24H33F3N4O/c1-16(2)14-30-11-5-8-21-19(15-30)22(29-28-21)23(32)31-12-9-17(10-13-31)18-6-3-4-7-20(18)24(25,26)27/h3-4,6-7,16-17,23,32H,5,8-15H2,1-2H3,(H,28,29). The number of likely N-dealkylation sites (tertiary alicyclic amines) is 1. The lowest BCUT2D eigenvalue weighted by atomic mass is 9.86. The molecule has 0 bridgehead atoms. The third kappa shape index (κ3) is 5.02. The highest BCUT2D eigenvalue weighted by Gasteiger charge is 2.37. The molecule has 5 nitrogen and oxygen atoms in total. The molecule has 2 aliphatic rings. The number of aromatic nitrogens is 2. The van der Waals surface area contributed by atoms with Gasteiger partial charge < -0.3 is 5.11 Å². The second-order valence-electron chi connectivity index (χ2n) is 9.57. The Morgan fingerprint density at radius 3 is 2.56 bits per heavy atom. The van der Waals surface area contributed by atoms with Crippen LogP contribution in [0.4, 0.5) is 13.2 Å². The van der Waals surface area contributed by atoms with Crippen molar-refractivity contribution < 1.29 is 18.3 Å². The fourth-order valence-corrected chi connectivity index (χ4v) is 5.21. The van der Waals surface area contributed by atoms with Crippen LogP contribution in [0.15, 0.2) is 24.3 Å². The Bertz CT molecular complexity index is 903. The molecule has 1 aromatic heterocycles. The number of nitrogens with one attached hydrogen (secondary N) is 1. The van der Waals surface area contributed by atoms with E-state index in [0.717, 1.165) is 43.7 Å². The van der Waals surface area contributed by atoms with E-state index in [-0.39, 0.29) is 5.92 Å². The molecule has 1 fully saturated rings. The maximum atomic E-state index is 13.4. The monoisotopic (exact) mass is 450 g/mol. The van der Waals surface area contributed by atoms with Crippen molar-refractivity contribution in [3.8, 4) is 0 Å². The van der Waals surface area contributed by atoms with Crippen molar-refractivity contribution in [3.63, 3.8) is 0 Å². The second kappa shape index (κ2) is 9.53. The first-order valence-corrected chi connectivity index (χ1v) is 11.6. The summed E-state index contributed by atoms with van der Waals surface area (Å²) in [6.45, 7) is 8.29. The number of aromatic amines is 1. The number of benzene rings is 1. The molecule has 0 spiro atoms. The lowest BCUT2D eigenvalue weighted by molar-refractivity contribution is -0.138. The summed E-state index contributed by atoms with van der Waals surface area (Å²) in [6, 6.07) is 5.87. The number of piperidine rings is 1. The lowest BCUT2D eigenvalue weighted by Gasteiger charge is -2.35. The predicted octanol–water partition coefficient (Wildman–Crippen LogP) is 4.70. The highest BCUT2D eigenvalue weighted by molar-refractivity contribution is 5.33. The average molecular weight is 451 g/mol. The van der Waals surface area contributed by atoms with Gasteiger partial charge in [0.1, 0.15) is 5.69 Å². The molecule has 32 heavy (non-hydrogen) atoms. The Morgan fingerprint density at radius 2 is 1.88 bits per heavy atom. The van der Waals surface area contributed by atoms with Crippen molar-refractivity contribution >= 4 is 0 Å². The normalized spacial score (nSPS) is 20.3. The zero-order valence-electron chi connectivity index (χ0n) is 18.8. The summed E-state index contributed by atoms with van der Waals surface area (Å²) in [5.74, 6) is 0.407. The minimum Gasteiger partial charge on any atom is -0.372 e. The number of nitrogens with zero attached hydrogens (tertiary/aromatic N) is 3. The minimum absolute atomic E-state index is 0.158. The van der Waals surface area contributed by atoms with Gasteiger partial charge in [0.25, 0.3) is 0 Å². The van der Waals surface area contributed by atoms with Crippen LogP contribution >= 0.6 is 0 Å². The Hall–Kier alpha value is -1.90. The zero-order valence-corrected chi connectivity index (χ0v) is 18.8. The number of hydrogen-bond donors (Lipinski definition) is 2. The molecule has 1 unspecified atom stereocenters. The molecule has 1 atom stereocenters. The minimum atomic E-state index is -4.35. The van der Waals surface area contributed by atoms with E-state index in [1.165, 1.54) is 12.1 Å². The molecule has 176 valence electrons. The van der Waals surface area contributed by atoms with Gasteiger partial charge in [0.2, 0.25) is 0 Å². The quantitative estimate of drug-likeness (QED) is 0.693. The van der Waals surface area contributed by atoms with Crippen molar-refractivity contribution in [3.05, 3.63) is 52.3 Å². The summed E-state index contributed by atoms with van der Waals surface area (Å²) in [4.78, 5) is 4.36. The van der Waals surface area contributed by atoms with E-state index in [4.69, 9.17) is 0 Å². The van der Waals surface area contributed by atoms with E-state index in [0.29, 0.717) is 43.1 Å². The molecule has 1 saturated heterocycles. The lowest BCUT2D eigenvalue weighted by Crippen LogP contribution is -2.37. The topological polar surface area (TPSA) is 55.4 Å². The fourth-order valence-electron chi connectivity index (χ4n) is 5.21. The third-order valence-corrected chi connectivity index (χ3v) is 6.72. The first-order valence-electron chi connectivity index (χ1n) is 11.6. The van der Waals surface area contributed by atoms with Gasteiger partial charge in [-0.1, -0.05) is 32.0 Å². The van der Waals surface area contributed by atoms with Crippen molar-refractivity contribution in [2.45, 2.75) is 64.4 Å². The molecular formula is C24H33F3N4O. The molecule has 8 heteroatoms. The molecule has 2 N–H and O–H groups in total. The van der Waals surface area contributed by atoms with Crippen molar-refractivity contribution in [2.24, 2.45) is 5.92 Å². The summed E-state index contributed by atoms with van der Waals surface area (Å²) < 4.78 is 40.3. The number of aliphatic hydroxyl groups is 1. The van der Waals surface area contributed by atoms with E-state index >= 15 is 0 Å². The molecule has 0 radical (unpaired) electrons. The van der Waals surface area contributed by atoms with Crippen LogP contribution in [0.1, 0.15) is 73.3 Å². The molecule has 4 rings (SSSR count). The molecule has 3 heterocycles. The van der Waals surface area contributed by atoms with E-state index in [9.17, 15) is 18.3 Å². The van der Waals surface area contributed by atoms with Crippen molar-refractivity contribution in [2.75, 3.05) is 26.2 Å². The molecule has 0 amide bonds. The van der Waals surface area contributed by atoms with E-state index in [1.807, 2.05) is 4.90 Å². The number of hydrogen-bond acceptors (Lipinski definition) is 4. The third-order valence-electron chi connectivity index (χ3n) is 6.72. The highest BCUT2D eigenvalue weighted by atomic mass is 19.4. The van der Waals surface area contributed by atoms with Gasteiger partial charge in [0.05, 0.1) is 5.56 Å². The number of rotatable bonds is 5.